The predicted octanol–water partition coefficient (Wildman–Crippen LogP) is 7.14. The summed E-state index contributed by atoms with van der Waals surface area (Å²) < 4.78 is 19.9. The molecule has 0 aromatic carbocycles. The quantitative estimate of drug-likeness (QED) is 0.257. The molecule has 0 bridgehead atoms. The molecular weight excluding hydrogens is 487 g/mol. The van der Waals surface area contributed by atoms with Crippen molar-refractivity contribution in [3.8, 4) is 38.8 Å². The van der Waals surface area contributed by atoms with E-state index < -0.39 is 0 Å². The average molecular weight is 511 g/mol. The summed E-state index contributed by atoms with van der Waals surface area (Å²) in [7, 11) is 0. The van der Waals surface area contributed by atoms with E-state index in [1.807, 2.05) is 24.3 Å². The van der Waals surface area contributed by atoms with Crippen molar-refractivity contribution < 1.29 is 9.13 Å². The van der Waals surface area contributed by atoms with Gasteiger partial charge in [0, 0.05) is 39.2 Å². The van der Waals surface area contributed by atoms with Gasteiger partial charge in [-0.15, -0.1) is 11.3 Å². The third kappa shape index (κ3) is 4.15. The molecule has 0 unspecified atom stereocenters. The number of thiophene rings is 1. The molecule has 0 atom stereocenters. The summed E-state index contributed by atoms with van der Waals surface area (Å²) in [6.45, 7) is 0. The molecule has 0 amide bonds. The van der Waals surface area contributed by atoms with Gasteiger partial charge >= 0.3 is 0 Å². The van der Waals surface area contributed by atoms with E-state index in [4.69, 9.17) is 4.74 Å². The lowest BCUT2D eigenvalue weighted by Gasteiger charge is -2.22. The summed E-state index contributed by atoms with van der Waals surface area (Å²) >= 11 is 1.12. The number of hydrogen-bond acceptors (Lipinski definition) is 6. The van der Waals surface area contributed by atoms with Crippen molar-refractivity contribution in [2.75, 3.05) is 0 Å². The molecule has 0 saturated heterocycles. The Kier molecular flexibility index (Phi) is 5.43. The van der Waals surface area contributed by atoms with Crippen LogP contribution in [0.3, 0.4) is 0 Å². The van der Waals surface area contributed by atoms with E-state index in [0.29, 0.717) is 0 Å². The van der Waals surface area contributed by atoms with Gasteiger partial charge in [0.25, 0.3) is 0 Å². The Balaban J connectivity index is 1.26. The highest BCUT2D eigenvalue weighted by molar-refractivity contribution is 7.14. The second kappa shape index (κ2) is 9.08. The number of aromatic amines is 2. The van der Waals surface area contributed by atoms with Crippen LogP contribution in [0.4, 0.5) is 4.39 Å². The highest BCUT2D eigenvalue weighted by Crippen LogP contribution is 2.36. The molecule has 0 aliphatic heterocycles. The van der Waals surface area contributed by atoms with Gasteiger partial charge in [0.05, 0.1) is 35.4 Å². The fourth-order valence-electron chi connectivity index (χ4n) is 5.11. The van der Waals surface area contributed by atoms with Crippen molar-refractivity contribution in [3.05, 3.63) is 66.3 Å². The molecule has 1 aliphatic carbocycles. The SMILES string of the molecule is Fc1ccc(-c2ccnc3[nH]c(-c4n[nH]c5cnc(-c6cncc(OC7CCCCC7)c6)cc45)cc23)s1. The molecule has 1 saturated carbocycles. The topological polar surface area (TPSA) is 92.4 Å². The summed E-state index contributed by atoms with van der Waals surface area (Å²) in [5, 5.41) is 9.30. The van der Waals surface area contributed by atoms with Crippen LogP contribution in [0, 0.1) is 5.13 Å². The van der Waals surface area contributed by atoms with Crippen molar-refractivity contribution in [2.45, 2.75) is 38.2 Å². The van der Waals surface area contributed by atoms with Gasteiger partial charge in [-0.2, -0.15) is 9.49 Å². The van der Waals surface area contributed by atoms with Gasteiger partial charge in [0.2, 0.25) is 0 Å². The smallest absolute Gasteiger partial charge is 0.176 e. The van der Waals surface area contributed by atoms with Crippen LogP contribution < -0.4 is 4.74 Å². The molecule has 9 heteroatoms. The van der Waals surface area contributed by atoms with Gasteiger partial charge in [-0.05, 0) is 62.1 Å². The highest BCUT2D eigenvalue weighted by Gasteiger charge is 2.18. The number of hydrogen-bond donors (Lipinski definition) is 2. The van der Waals surface area contributed by atoms with E-state index in [2.05, 4.69) is 30.1 Å². The lowest BCUT2D eigenvalue weighted by molar-refractivity contribution is 0.154. The third-order valence-electron chi connectivity index (χ3n) is 6.94. The number of H-pyrrole nitrogens is 2. The molecule has 184 valence electrons. The Bertz CT molecular complexity index is 1730. The highest BCUT2D eigenvalue weighted by atomic mass is 32.1. The Morgan fingerprint density at radius 1 is 0.946 bits per heavy atom. The number of pyridine rings is 3. The number of rotatable bonds is 5. The lowest BCUT2D eigenvalue weighted by atomic mass is 9.98. The van der Waals surface area contributed by atoms with E-state index >= 15 is 0 Å². The number of nitrogens with one attached hydrogen (secondary N) is 2. The molecule has 6 aromatic rings. The minimum absolute atomic E-state index is 0.211. The normalized spacial score (nSPS) is 14.5. The van der Waals surface area contributed by atoms with Crippen LogP contribution in [0.2, 0.25) is 0 Å². The number of aromatic nitrogens is 6. The van der Waals surface area contributed by atoms with Crippen LogP contribution in [-0.2, 0) is 0 Å². The van der Waals surface area contributed by atoms with E-state index in [-0.39, 0.29) is 11.2 Å². The van der Waals surface area contributed by atoms with E-state index in [1.165, 1.54) is 25.3 Å². The summed E-state index contributed by atoms with van der Waals surface area (Å²) in [6, 6.07) is 11.2. The molecule has 0 spiro atoms. The molecule has 7 rings (SSSR count). The maximum atomic E-state index is 13.7. The van der Waals surface area contributed by atoms with E-state index in [0.717, 1.165) is 85.0 Å². The molecule has 6 aromatic heterocycles. The number of ether oxygens (including phenoxy) is 1. The molecule has 0 radical (unpaired) electrons. The minimum Gasteiger partial charge on any atom is -0.489 e. The van der Waals surface area contributed by atoms with E-state index in [9.17, 15) is 4.39 Å². The molecular formula is C28H23FN6OS. The lowest BCUT2D eigenvalue weighted by Crippen LogP contribution is -2.19. The number of nitrogens with zero attached hydrogens (tertiary/aromatic N) is 4. The standard InChI is InChI=1S/C28H23FN6OS/c29-26-7-6-25(37-26)19-8-9-31-28-20(19)11-23(33-28)27-21-12-22(32-15-24(21)34-35-27)16-10-18(14-30-13-16)36-17-4-2-1-3-5-17/h6-15,17H,1-5H2,(H,31,33)(H,34,35). The first kappa shape index (κ1) is 22.1. The van der Waals surface area contributed by atoms with Crippen LogP contribution in [0.25, 0.3) is 55.0 Å². The first-order chi connectivity index (χ1) is 18.2. The fourth-order valence-corrected chi connectivity index (χ4v) is 5.88. The van der Waals surface area contributed by atoms with Crippen molar-refractivity contribution in [3.63, 3.8) is 0 Å². The predicted molar refractivity (Wildman–Crippen MR) is 143 cm³/mol. The van der Waals surface area contributed by atoms with E-state index in [1.54, 1.807) is 30.9 Å². The molecule has 37 heavy (non-hydrogen) atoms. The largest absolute Gasteiger partial charge is 0.489 e. The summed E-state index contributed by atoms with van der Waals surface area (Å²) in [4.78, 5) is 17.8. The molecule has 2 N–H and O–H groups in total. The van der Waals surface area contributed by atoms with Crippen LogP contribution in [-0.4, -0.2) is 36.2 Å². The van der Waals surface area contributed by atoms with Crippen LogP contribution in [0.5, 0.6) is 5.75 Å². The van der Waals surface area contributed by atoms with Gasteiger partial charge in [-0.1, -0.05) is 6.42 Å². The van der Waals surface area contributed by atoms with Gasteiger partial charge in [-0.25, -0.2) is 4.98 Å². The summed E-state index contributed by atoms with van der Waals surface area (Å²) in [6.07, 6.45) is 13.3. The zero-order chi connectivity index (χ0) is 24.8. The maximum Gasteiger partial charge on any atom is 0.176 e. The first-order valence-corrected chi connectivity index (χ1v) is 13.2. The third-order valence-corrected chi connectivity index (χ3v) is 7.84. The first-order valence-electron chi connectivity index (χ1n) is 12.4. The zero-order valence-corrected chi connectivity index (χ0v) is 20.7. The Morgan fingerprint density at radius 3 is 2.73 bits per heavy atom. The van der Waals surface area contributed by atoms with Crippen molar-refractivity contribution in [1.82, 2.24) is 30.1 Å². The zero-order valence-electron chi connectivity index (χ0n) is 19.9. The second-order valence-electron chi connectivity index (χ2n) is 9.38. The minimum atomic E-state index is -0.211. The van der Waals surface area contributed by atoms with Crippen LogP contribution >= 0.6 is 11.3 Å². The Morgan fingerprint density at radius 2 is 1.86 bits per heavy atom. The Hall–Kier alpha value is -4.11. The van der Waals surface area contributed by atoms with Gasteiger partial charge in [0.1, 0.15) is 17.1 Å². The average Bonchev–Trinajstić information content (AvgIpc) is 3.66. The monoisotopic (exact) mass is 510 g/mol. The number of halogens is 1. The molecule has 1 aliphatic rings. The molecule has 7 nitrogen and oxygen atoms in total. The van der Waals surface area contributed by atoms with Crippen LogP contribution in [0.15, 0.2) is 61.2 Å². The molecule has 6 heterocycles. The van der Waals surface area contributed by atoms with Gasteiger partial charge in [0.15, 0.2) is 5.13 Å². The van der Waals surface area contributed by atoms with Crippen molar-refractivity contribution in [1.29, 1.82) is 0 Å². The van der Waals surface area contributed by atoms with Crippen molar-refractivity contribution in [2.24, 2.45) is 0 Å². The van der Waals surface area contributed by atoms with Crippen LogP contribution in [0.1, 0.15) is 32.1 Å². The summed E-state index contributed by atoms with van der Waals surface area (Å²) in [5.41, 5.74) is 5.76. The Labute approximate surface area is 215 Å². The number of fused-ring (bicyclic) bond motifs is 2. The second-order valence-corrected chi connectivity index (χ2v) is 10.4. The van der Waals surface area contributed by atoms with Crippen molar-refractivity contribution >= 4 is 33.3 Å². The van der Waals surface area contributed by atoms with Gasteiger partial charge in [-0.3, -0.25) is 15.1 Å². The maximum absolute atomic E-state index is 13.7. The molecule has 1 fully saturated rings. The van der Waals surface area contributed by atoms with Gasteiger partial charge < -0.3 is 9.72 Å². The fraction of sp³-hybridized carbons (Fsp3) is 0.214. The summed E-state index contributed by atoms with van der Waals surface area (Å²) in [5.74, 6) is 0.776.